The van der Waals surface area contributed by atoms with Crippen LogP contribution < -0.4 is 11.1 Å². The molecule has 3 amide bonds. The Hall–Kier alpha value is -1.88. The van der Waals surface area contributed by atoms with E-state index in [1.807, 2.05) is 11.9 Å². The molecule has 21 heavy (non-hydrogen) atoms. The lowest BCUT2D eigenvalue weighted by atomic mass is 9.87. The fourth-order valence-electron chi connectivity index (χ4n) is 1.96. The van der Waals surface area contributed by atoms with Crippen LogP contribution in [-0.2, 0) is 16.8 Å². The zero-order valence-corrected chi connectivity index (χ0v) is 13.4. The van der Waals surface area contributed by atoms with Crippen molar-refractivity contribution in [3.05, 3.63) is 35.4 Å². The highest BCUT2D eigenvalue weighted by atomic mass is 16.2. The Labute approximate surface area is 126 Å². The Kier molecular flexibility index (Phi) is 5.49. The number of carbonyl (C=O) groups is 2. The molecule has 0 saturated carbocycles. The van der Waals surface area contributed by atoms with Crippen LogP contribution in [0.3, 0.4) is 0 Å². The van der Waals surface area contributed by atoms with Crippen LogP contribution in [0.15, 0.2) is 24.3 Å². The molecule has 0 radical (unpaired) electrons. The predicted octanol–water partition coefficient (Wildman–Crippen LogP) is 2.00. The molecule has 1 unspecified atom stereocenters. The van der Waals surface area contributed by atoms with Crippen molar-refractivity contribution < 1.29 is 9.59 Å². The Morgan fingerprint density at radius 3 is 2.19 bits per heavy atom. The molecule has 5 nitrogen and oxygen atoms in total. The van der Waals surface area contributed by atoms with E-state index in [1.54, 1.807) is 6.92 Å². The zero-order chi connectivity index (χ0) is 16.2. The fraction of sp³-hybridized carbons (Fsp3) is 0.500. The van der Waals surface area contributed by atoms with Gasteiger partial charge in [0, 0.05) is 6.54 Å². The van der Waals surface area contributed by atoms with E-state index in [-0.39, 0.29) is 5.41 Å². The monoisotopic (exact) mass is 291 g/mol. The Balaban J connectivity index is 2.68. The van der Waals surface area contributed by atoms with Gasteiger partial charge in [0.1, 0.15) is 0 Å². The van der Waals surface area contributed by atoms with Crippen molar-refractivity contribution in [1.82, 2.24) is 10.2 Å². The maximum atomic E-state index is 11.7. The molecule has 1 aromatic rings. The number of rotatable bonds is 4. The summed E-state index contributed by atoms with van der Waals surface area (Å²) in [5.41, 5.74) is 7.46. The van der Waals surface area contributed by atoms with Gasteiger partial charge in [0.25, 0.3) is 0 Å². The van der Waals surface area contributed by atoms with E-state index in [2.05, 4.69) is 50.4 Å². The van der Waals surface area contributed by atoms with Gasteiger partial charge in [-0.2, -0.15) is 0 Å². The first-order chi connectivity index (χ1) is 9.61. The maximum absolute atomic E-state index is 11.7. The van der Waals surface area contributed by atoms with E-state index in [4.69, 9.17) is 5.73 Å². The second kappa shape index (κ2) is 6.72. The van der Waals surface area contributed by atoms with E-state index >= 15 is 0 Å². The van der Waals surface area contributed by atoms with E-state index in [0.29, 0.717) is 6.54 Å². The Morgan fingerprint density at radius 2 is 1.76 bits per heavy atom. The van der Waals surface area contributed by atoms with Gasteiger partial charge in [-0.25, -0.2) is 4.79 Å². The summed E-state index contributed by atoms with van der Waals surface area (Å²) in [7, 11) is 1.84. The topological polar surface area (TPSA) is 75.4 Å². The van der Waals surface area contributed by atoms with Gasteiger partial charge in [-0.1, -0.05) is 45.0 Å². The number of benzene rings is 1. The lowest BCUT2D eigenvalue weighted by molar-refractivity contribution is -0.124. The number of nitrogens with two attached hydrogens (primary N) is 1. The van der Waals surface area contributed by atoms with E-state index in [9.17, 15) is 9.59 Å². The molecule has 3 N–H and O–H groups in total. The molecular formula is C16H25N3O2. The molecule has 0 spiro atoms. The average Bonchev–Trinajstić information content (AvgIpc) is 2.36. The Bertz CT molecular complexity index is 503. The first-order valence-electron chi connectivity index (χ1n) is 7.01. The highest BCUT2D eigenvalue weighted by Gasteiger charge is 2.19. The van der Waals surface area contributed by atoms with Gasteiger partial charge in [0.2, 0.25) is 5.91 Å². The molecule has 5 heteroatoms. The molecular weight excluding hydrogens is 266 g/mol. The van der Waals surface area contributed by atoms with Gasteiger partial charge in [-0.15, -0.1) is 0 Å². The summed E-state index contributed by atoms with van der Waals surface area (Å²) in [4.78, 5) is 24.3. The highest BCUT2D eigenvalue weighted by molar-refractivity contribution is 5.96. The number of nitrogens with one attached hydrogen (secondary N) is 1. The van der Waals surface area contributed by atoms with Crippen LogP contribution in [0, 0.1) is 0 Å². The van der Waals surface area contributed by atoms with Crippen LogP contribution in [0.2, 0.25) is 0 Å². The number of nitrogens with zero attached hydrogens (tertiary/aromatic N) is 1. The smallest absolute Gasteiger partial charge is 0.318 e. The third-order valence-electron chi connectivity index (χ3n) is 3.54. The van der Waals surface area contributed by atoms with Crippen LogP contribution in [0.25, 0.3) is 0 Å². The van der Waals surface area contributed by atoms with Crippen molar-refractivity contribution in [3.63, 3.8) is 0 Å². The third kappa shape index (κ3) is 5.19. The summed E-state index contributed by atoms with van der Waals surface area (Å²) >= 11 is 0. The first-order valence-corrected chi connectivity index (χ1v) is 7.01. The van der Waals surface area contributed by atoms with Crippen molar-refractivity contribution in [2.75, 3.05) is 7.05 Å². The lowest BCUT2D eigenvalue weighted by Crippen LogP contribution is -2.46. The van der Waals surface area contributed by atoms with Gasteiger partial charge >= 0.3 is 6.03 Å². The SMILES string of the molecule is CC(C(=O)NC(N)=O)N(C)Cc1ccc(C(C)(C)C)cc1. The molecule has 0 aromatic heterocycles. The average molecular weight is 291 g/mol. The van der Waals surface area contributed by atoms with Crippen LogP contribution >= 0.6 is 0 Å². The number of primary amides is 1. The number of hydrogen-bond acceptors (Lipinski definition) is 3. The summed E-state index contributed by atoms with van der Waals surface area (Å²) in [5.74, 6) is -0.392. The van der Waals surface area contributed by atoms with Gasteiger partial charge in [-0.05, 0) is 30.5 Å². The summed E-state index contributed by atoms with van der Waals surface area (Å²) < 4.78 is 0. The zero-order valence-electron chi connectivity index (χ0n) is 13.4. The number of hydrogen-bond donors (Lipinski definition) is 2. The standard InChI is InChI=1S/C16H25N3O2/c1-11(14(20)18-15(17)21)19(5)10-12-6-8-13(9-7-12)16(2,3)4/h6-9,11H,10H2,1-5H3,(H3,17,18,20,21). The molecule has 0 fully saturated rings. The minimum atomic E-state index is -0.824. The van der Waals surface area contributed by atoms with Crippen molar-refractivity contribution >= 4 is 11.9 Å². The van der Waals surface area contributed by atoms with Crippen LogP contribution in [0.5, 0.6) is 0 Å². The fourth-order valence-corrected chi connectivity index (χ4v) is 1.96. The van der Waals surface area contributed by atoms with Crippen LogP contribution in [-0.4, -0.2) is 29.9 Å². The molecule has 1 atom stereocenters. The maximum Gasteiger partial charge on any atom is 0.318 e. The quantitative estimate of drug-likeness (QED) is 0.891. The van der Waals surface area contributed by atoms with Gasteiger partial charge in [0.05, 0.1) is 6.04 Å². The number of imide groups is 1. The number of urea groups is 1. The van der Waals surface area contributed by atoms with Crippen LogP contribution in [0.1, 0.15) is 38.8 Å². The van der Waals surface area contributed by atoms with E-state index < -0.39 is 18.0 Å². The number of likely N-dealkylation sites (N-methyl/N-ethyl adjacent to an activating group) is 1. The van der Waals surface area contributed by atoms with Crippen LogP contribution in [0.4, 0.5) is 4.79 Å². The highest BCUT2D eigenvalue weighted by Crippen LogP contribution is 2.22. The number of amides is 3. The third-order valence-corrected chi connectivity index (χ3v) is 3.54. The van der Waals surface area contributed by atoms with Crippen molar-refractivity contribution in [2.24, 2.45) is 5.73 Å². The van der Waals surface area contributed by atoms with Gasteiger partial charge in [0.15, 0.2) is 0 Å². The second-order valence-electron chi connectivity index (χ2n) is 6.39. The largest absolute Gasteiger partial charge is 0.351 e. The van der Waals surface area contributed by atoms with Crippen molar-refractivity contribution in [2.45, 2.75) is 45.7 Å². The minimum absolute atomic E-state index is 0.124. The summed E-state index contributed by atoms with van der Waals surface area (Å²) in [6.45, 7) is 8.87. The van der Waals surface area contributed by atoms with Gasteiger partial charge < -0.3 is 5.73 Å². The van der Waals surface area contributed by atoms with Crippen molar-refractivity contribution in [1.29, 1.82) is 0 Å². The molecule has 0 aliphatic carbocycles. The molecule has 1 aromatic carbocycles. The molecule has 0 saturated heterocycles. The van der Waals surface area contributed by atoms with E-state index in [1.165, 1.54) is 5.56 Å². The molecule has 1 rings (SSSR count). The van der Waals surface area contributed by atoms with Crippen molar-refractivity contribution in [3.8, 4) is 0 Å². The normalized spacial score (nSPS) is 13.0. The second-order valence-corrected chi connectivity index (χ2v) is 6.39. The Morgan fingerprint density at radius 1 is 1.24 bits per heavy atom. The predicted molar refractivity (Wildman–Crippen MR) is 83.8 cm³/mol. The summed E-state index contributed by atoms with van der Waals surface area (Å²) in [6.07, 6.45) is 0. The first kappa shape index (κ1) is 17.2. The minimum Gasteiger partial charge on any atom is -0.351 e. The lowest BCUT2D eigenvalue weighted by Gasteiger charge is -2.24. The molecule has 0 bridgehead atoms. The summed E-state index contributed by atoms with van der Waals surface area (Å²) in [5, 5.41) is 2.10. The summed E-state index contributed by atoms with van der Waals surface area (Å²) in [6, 6.07) is 7.09. The molecule has 0 aliphatic rings. The molecule has 0 heterocycles. The van der Waals surface area contributed by atoms with Gasteiger partial charge in [-0.3, -0.25) is 15.0 Å². The number of carbonyl (C=O) groups excluding carboxylic acids is 2. The molecule has 0 aliphatic heterocycles. The van der Waals surface area contributed by atoms with E-state index in [0.717, 1.165) is 5.56 Å². The molecule has 116 valence electrons.